The standard InChI is InChI=1S/C22H22N2O4/c1-27-21(25)17-13-20(24-16-11-7-4-8-12-16)18(22(26)28-2)14-19(17)23-15-9-5-3-6-10-15/h3-14,17-18,23-24H,1-2H3. The Kier molecular flexibility index (Phi) is 6.11. The molecule has 144 valence electrons. The first-order chi connectivity index (χ1) is 13.6. The minimum Gasteiger partial charge on any atom is -0.468 e. The molecule has 6 heteroatoms. The van der Waals surface area contributed by atoms with Gasteiger partial charge in [-0.15, -0.1) is 0 Å². The Bertz CT molecular complexity index is 816. The molecule has 1 aliphatic carbocycles. The third kappa shape index (κ3) is 4.40. The molecule has 1 aliphatic rings. The van der Waals surface area contributed by atoms with Gasteiger partial charge in [-0.3, -0.25) is 9.59 Å². The molecule has 2 unspecified atom stereocenters. The average molecular weight is 378 g/mol. The van der Waals surface area contributed by atoms with Crippen molar-refractivity contribution in [1.82, 2.24) is 0 Å². The van der Waals surface area contributed by atoms with Crippen LogP contribution in [0.15, 0.2) is 84.2 Å². The molecule has 2 atom stereocenters. The Morgan fingerprint density at radius 3 is 1.36 bits per heavy atom. The number of methoxy groups -OCH3 is 2. The van der Waals surface area contributed by atoms with Crippen molar-refractivity contribution in [2.24, 2.45) is 11.8 Å². The molecule has 3 rings (SSSR count). The number of para-hydroxylation sites is 2. The summed E-state index contributed by atoms with van der Waals surface area (Å²) in [5.74, 6) is -2.22. The fourth-order valence-electron chi connectivity index (χ4n) is 3.01. The zero-order valence-electron chi connectivity index (χ0n) is 15.7. The minimum atomic E-state index is -0.683. The molecule has 0 amide bonds. The number of hydrogen-bond acceptors (Lipinski definition) is 6. The van der Waals surface area contributed by atoms with Crippen molar-refractivity contribution in [2.45, 2.75) is 0 Å². The molecule has 2 aromatic rings. The molecule has 0 radical (unpaired) electrons. The molecule has 0 aliphatic heterocycles. The molecule has 0 spiro atoms. The van der Waals surface area contributed by atoms with Crippen LogP contribution >= 0.6 is 0 Å². The maximum Gasteiger partial charge on any atom is 0.318 e. The summed E-state index contributed by atoms with van der Waals surface area (Å²) in [4.78, 5) is 24.8. The first-order valence-corrected chi connectivity index (χ1v) is 8.85. The lowest BCUT2D eigenvalue weighted by Gasteiger charge is -2.27. The van der Waals surface area contributed by atoms with Gasteiger partial charge in [-0.1, -0.05) is 36.4 Å². The Hall–Kier alpha value is -3.54. The van der Waals surface area contributed by atoms with Crippen molar-refractivity contribution in [1.29, 1.82) is 0 Å². The third-order valence-electron chi connectivity index (χ3n) is 4.40. The second-order valence-electron chi connectivity index (χ2n) is 6.23. The van der Waals surface area contributed by atoms with Gasteiger partial charge >= 0.3 is 11.9 Å². The van der Waals surface area contributed by atoms with Crippen LogP contribution in [0.25, 0.3) is 0 Å². The molecular formula is C22H22N2O4. The average Bonchev–Trinajstić information content (AvgIpc) is 2.74. The van der Waals surface area contributed by atoms with Gasteiger partial charge in [-0.05, 0) is 36.4 Å². The predicted molar refractivity (Wildman–Crippen MR) is 107 cm³/mol. The zero-order chi connectivity index (χ0) is 19.9. The number of anilines is 2. The van der Waals surface area contributed by atoms with Gasteiger partial charge in [0.1, 0.15) is 11.8 Å². The lowest BCUT2D eigenvalue weighted by molar-refractivity contribution is -0.144. The van der Waals surface area contributed by atoms with Crippen molar-refractivity contribution in [2.75, 3.05) is 24.9 Å². The van der Waals surface area contributed by atoms with E-state index in [9.17, 15) is 9.59 Å². The Morgan fingerprint density at radius 1 is 0.679 bits per heavy atom. The van der Waals surface area contributed by atoms with Gasteiger partial charge in [0.2, 0.25) is 0 Å². The summed E-state index contributed by atoms with van der Waals surface area (Å²) >= 11 is 0. The van der Waals surface area contributed by atoms with E-state index >= 15 is 0 Å². The largest absolute Gasteiger partial charge is 0.468 e. The van der Waals surface area contributed by atoms with Crippen LogP contribution in [0.3, 0.4) is 0 Å². The molecule has 0 fully saturated rings. The highest BCUT2D eigenvalue weighted by Crippen LogP contribution is 2.31. The second-order valence-corrected chi connectivity index (χ2v) is 6.23. The number of carbonyl (C=O) groups excluding carboxylic acids is 2. The number of esters is 2. The van der Waals surface area contributed by atoms with Gasteiger partial charge < -0.3 is 20.1 Å². The van der Waals surface area contributed by atoms with E-state index < -0.39 is 23.8 Å². The normalized spacial score (nSPS) is 18.4. The smallest absolute Gasteiger partial charge is 0.318 e. The lowest BCUT2D eigenvalue weighted by atomic mass is 9.89. The first kappa shape index (κ1) is 19.2. The molecule has 0 heterocycles. The van der Waals surface area contributed by atoms with E-state index in [4.69, 9.17) is 9.47 Å². The van der Waals surface area contributed by atoms with Crippen LogP contribution in [0, 0.1) is 11.8 Å². The summed E-state index contributed by atoms with van der Waals surface area (Å²) in [6.45, 7) is 0. The Balaban J connectivity index is 1.97. The maximum atomic E-state index is 12.4. The van der Waals surface area contributed by atoms with Crippen molar-refractivity contribution in [3.63, 3.8) is 0 Å². The van der Waals surface area contributed by atoms with Gasteiger partial charge in [0.05, 0.1) is 14.2 Å². The number of benzene rings is 2. The summed E-state index contributed by atoms with van der Waals surface area (Å²) in [5, 5.41) is 6.44. The monoisotopic (exact) mass is 378 g/mol. The van der Waals surface area contributed by atoms with E-state index in [-0.39, 0.29) is 0 Å². The van der Waals surface area contributed by atoms with E-state index in [1.807, 2.05) is 60.7 Å². The highest BCUT2D eigenvalue weighted by Gasteiger charge is 2.33. The Morgan fingerprint density at radius 2 is 1.04 bits per heavy atom. The number of hydrogen-bond donors (Lipinski definition) is 2. The van der Waals surface area contributed by atoms with E-state index in [0.717, 1.165) is 11.4 Å². The molecule has 0 bridgehead atoms. The molecular weight excluding hydrogens is 356 g/mol. The van der Waals surface area contributed by atoms with E-state index in [2.05, 4.69) is 10.6 Å². The number of carbonyl (C=O) groups is 2. The topological polar surface area (TPSA) is 76.7 Å². The molecule has 2 aromatic carbocycles. The van der Waals surface area contributed by atoms with Gasteiger partial charge in [-0.2, -0.15) is 0 Å². The molecule has 0 aromatic heterocycles. The van der Waals surface area contributed by atoms with E-state index in [1.54, 1.807) is 12.2 Å². The number of nitrogens with one attached hydrogen (secondary N) is 2. The first-order valence-electron chi connectivity index (χ1n) is 8.85. The minimum absolute atomic E-state index is 0.426. The Labute approximate surface area is 163 Å². The van der Waals surface area contributed by atoms with E-state index in [1.165, 1.54) is 14.2 Å². The summed E-state index contributed by atoms with van der Waals surface area (Å²) in [6.07, 6.45) is 3.40. The fraction of sp³-hybridized carbons (Fsp3) is 0.182. The number of ether oxygens (including phenoxy) is 2. The van der Waals surface area contributed by atoms with Crippen LogP contribution in [-0.2, 0) is 19.1 Å². The summed E-state index contributed by atoms with van der Waals surface area (Å²) in [7, 11) is 2.68. The van der Waals surface area contributed by atoms with Crippen LogP contribution in [0.1, 0.15) is 0 Å². The van der Waals surface area contributed by atoms with Crippen molar-refractivity contribution in [3.05, 3.63) is 84.2 Å². The van der Waals surface area contributed by atoms with Crippen LogP contribution in [0.2, 0.25) is 0 Å². The van der Waals surface area contributed by atoms with Crippen LogP contribution < -0.4 is 10.6 Å². The lowest BCUT2D eigenvalue weighted by Crippen LogP contribution is -2.31. The zero-order valence-corrected chi connectivity index (χ0v) is 15.7. The molecule has 0 saturated carbocycles. The predicted octanol–water partition coefficient (Wildman–Crippen LogP) is 3.57. The highest BCUT2D eigenvalue weighted by molar-refractivity contribution is 5.85. The fourth-order valence-corrected chi connectivity index (χ4v) is 3.01. The number of rotatable bonds is 6. The van der Waals surface area contributed by atoms with Gasteiger partial charge in [0, 0.05) is 22.8 Å². The third-order valence-corrected chi connectivity index (χ3v) is 4.40. The summed E-state index contributed by atoms with van der Waals surface area (Å²) in [5.41, 5.74) is 2.73. The molecule has 6 nitrogen and oxygen atoms in total. The highest BCUT2D eigenvalue weighted by atomic mass is 16.5. The molecule has 0 saturated heterocycles. The second kappa shape index (κ2) is 8.90. The maximum absolute atomic E-state index is 12.4. The quantitative estimate of drug-likeness (QED) is 0.749. The summed E-state index contributed by atoms with van der Waals surface area (Å²) in [6, 6.07) is 18.9. The van der Waals surface area contributed by atoms with Crippen molar-refractivity contribution < 1.29 is 19.1 Å². The van der Waals surface area contributed by atoms with Crippen LogP contribution in [0.4, 0.5) is 11.4 Å². The SMILES string of the molecule is COC(=O)C1C=C(Nc2ccccc2)C(C(=O)OC)C=C1Nc1ccccc1. The van der Waals surface area contributed by atoms with E-state index in [0.29, 0.717) is 11.4 Å². The van der Waals surface area contributed by atoms with Crippen molar-refractivity contribution >= 4 is 23.3 Å². The molecule has 2 N–H and O–H groups in total. The van der Waals surface area contributed by atoms with Gasteiger partial charge in [0.25, 0.3) is 0 Å². The van der Waals surface area contributed by atoms with Gasteiger partial charge in [-0.25, -0.2) is 0 Å². The van der Waals surface area contributed by atoms with Crippen LogP contribution in [-0.4, -0.2) is 26.2 Å². The van der Waals surface area contributed by atoms with Crippen molar-refractivity contribution in [3.8, 4) is 0 Å². The molecule has 28 heavy (non-hydrogen) atoms. The summed E-state index contributed by atoms with van der Waals surface area (Å²) < 4.78 is 9.94. The van der Waals surface area contributed by atoms with Crippen LogP contribution in [0.5, 0.6) is 0 Å². The van der Waals surface area contributed by atoms with Gasteiger partial charge in [0.15, 0.2) is 0 Å².